The predicted molar refractivity (Wildman–Crippen MR) is 90.7 cm³/mol. The molecule has 1 fully saturated rings. The Hall–Kier alpha value is -3.33. The number of hydrogen-bond donors (Lipinski definition) is 1. The van der Waals surface area contributed by atoms with Crippen molar-refractivity contribution in [3.05, 3.63) is 65.7 Å². The molecule has 2 aromatic carbocycles. The molecule has 0 aliphatic carbocycles. The van der Waals surface area contributed by atoms with Gasteiger partial charge >= 0.3 is 6.03 Å². The van der Waals surface area contributed by atoms with Crippen LogP contribution in [0.2, 0.25) is 0 Å². The van der Waals surface area contributed by atoms with Crippen LogP contribution in [0, 0.1) is 11.3 Å². The number of carbonyl (C=O) groups excluding carboxylic acids is 2. The highest BCUT2D eigenvalue weighted by Gasteiger charge is 2.48. The fourth-order valence-electron chi connectivity index (χ4n) is 2.78. The van der Waals surface area contributed by atoms with E-state index in [0.29, 0.717) is 11.3 Å². The molecule has 126 valence electrons. The third kappa shape index (κ3) is 3.17. The van der Waals surface area contributed by atoms with Gasteiger partial charge in [-0.15, -0.1) is 0 Å². The van der Waals surface area contributed by atoms with Crippen LogP contribution in [0.4, 0.5) is 4.79 Å². The van der Waals surface area contributed by atoms with Crippen molar-refractivity contribution in [3.8, 4) is 11.8 Å². The van der Waals surface area contributed by atoms with E-state index in [0.717, 1.165) is 10.5 Å². The van der Waals surface area contributed by atoms with Crippen molar-refractivity contribution in [3.63, 3.8) is 0 Å². The van der Waals surface area contributed by atoms with Gasteiger partial charge in [0.1, 0.15) is 17.9 Å². The third-order valence-corrected chi connectivity index (χ3v) is 4.17. The maximum Gasteiger partial charge on any atom is 0.325 e. The number of benzene rings is 2. The number of urea groups is 1. The Labute approximate surface area is 145 Å². The van der Waals surface area contributed by atoms with Gasteiger partial charge in [-0.2, -0.15) is 5.26 Å². The first-order valence-corrected chi connectivity index (χ1v) is 7.87. The van der Waals surface area contributed by atoms with Crippen molar-refractivity contribution in [1.29, 1.82) is 5.26 Å². The Bertz CT molecular complexity index is 844. The number of nitriles is 1. The number of nitrogens with one attached hydrogen (secondary N) is 1. The molecular formula is C19H17N3O3. The molecule has 25 heavy (non-hydrogen) atoms. The van der Waals surface area contributed by atoms with Gasteiger partial charge in [0.25, 0.3) is 5.91 Å². The summed E-state index contributed by atoms with van der Waals surface area (Å²) in [4.78, 5) is 26.1. The van der Waals surface area contributed by atoms with E-state index >= 15 is 0 Å². The molecule has 2 aromatic rings. The minimum atomic E-state index is -1.07. The molecule has 6 nitrogen and oxygen atoms in total. The third-order valence-electron chi connectivity index (χ3n) is 4.17. The van der Waals surface area contributed by atoms with E-state index in [-0.39, 0.29) is 19.1 Å². The zero-order chi connectivity index (χ0) is 17.9. The zero-order valence-corrected chi connectivity index (χ0v) is 13.7. The quantitative estimate of drug-likeness (QED) is 0.851. The second-order valence-corrected chi connectivity index (χ2v) is 5.87. The summed E-state index contributed by atoms with van der Waals surface area (Å²) >= 11 is 0. The molecule has 3 amide bonds. The fourth-order valence-corrected chi connectivity index (χ4v) is 2.78. The maximum atomic E-state index is 12.7. The average Bonchev–Trinajstić information content (AvgIpc) is 2.86. The Kier molecular flexibility index (Phi) is 4.40. The van der Waals surface area contributed by atoms with Crippen molar-refractivity contribution in [2.24, 2.45) is 0 Å². The number of amides is 3. The van der Waals surface area contributed by atoms with Crippen LogP contribution in [0.3, 0.4) is 0 Å². The smallest absolute Gasteiger partial charge is 0.325 e. The highest BCUT2D eigenvalue weighted by atomic mass is 16.5. The molecule has 0 spiro atoms. The number of rotatable bonds is 5. The molecule has 0 aromatic heterocycles. The maximum absolute atomic E-state index is 12.7. The largest absolute Gasteiger partial charge is 0.492 e. The van der Waals surface area contributed by atoms with E-state index in [2.05, 4.69) is 5.32 Å². The molecule has 0 bridgehead atoms. The van der Waals surface area contributed by atoms with E-state index in [1.807, 2.05) is 36.4 Å². The first-order valence-electron chi connectivity index (χ1n) is 7.87. The first kappa shape index (κ1) is 16.5. The molecule has 0 radical (unpaired) electrons. The average molecular weight is 335 g/mol. The summed E-state index contributed by atoms with van der Waals surface area (Å²) in [5, 5.41) is 11.6. The van der Waals surface area contributed by atoms with Gasteiger partial charge < -0.3 is 10.1 Å². The van der Waals surface area contributed by atoms with Crippen LogP contribution in [-0.4, -0.2) is 30.0 Å². The van der Waals surface area contributed by atoms with Crippen molar-refractivity contribution in [1.82, 2.24) is 10.2 Å². The van der Waals surface area contributed by atoms with Crippen LogP contribution >= 0.6 is 0 Å². The first-order chi connectivity index (χ1) is 12.0. The molecule has 3 rings (SSSR count). The summed E-state index contributed by atoms with van der Waals surface area (Å²) in [5.74, 6) is 0.218. The second-order valence-electron chi connectivity index (χ2n) is 5.87. The molecule has 1 aliphatic rings. The van der Waals surface area contributed by atoms with E-state index in [1.54, 1.807) is 31.2 Å². The van der Waals surface area contributed by atoms with Crippen LogP contribution in [0.1, 0.15) is 18.1 Å². The van der Waals surface area contributed by atoms with E-state index in [9.17, 15) is 9.59 Å². The summed E-state index contributed by atoms with van der Waals surface area (Å²) in [7, 11) is 0. The molecule has 1 aliphatic heterocycles. The van der Waals surface area contributed by atoms with Gasteiger partial charge in [0.05, 0.1) is 18.2 Å². The molecule has 0 saturated carbocycles. The number of imide groups is 1. The van der Waals surface area contributed by atoms with Gasteiger partial charge in [-0.1, -0.05) is 36.4 Å². The summed E-state index contributed by atoms with van der Waals surface area (Å²) in [5.41, 5.74) is 0.154. The Morgan fingerprint density at radius 3 is 2.64 bits per heavy atom. The summed E-state index contributed by atoms with van der Waals surface area (Å²) in [6, 6.07) is 17.5. The van der Waals surface area contributed by atoms with Gasteiger partial charge in [-0.25, -0.2) is 4.79 Å². The van der Waals surface area contributed by atoms with Gasteiger partial charge in [-0.3, -0.25) is 9.69 Å². The van der Waals surface area contributed by atoms with Crippen LogP contribution in [0.15, 0.2) is 54.6 Å². The lowest BCUT2D eigenvalue weighted by Crippen LogP contribution is -2.41. The molecule has 1 atom stereocenters. The van der Waals surface area contributed by atoms with Crippen molar-refractivity contribution < 1.29 is 14.3 Å². The van der Waals surface area contributed by atoms with Crippen molar-refractivity contribution in [2.75, 3.05) is 13.2 Å². The lowest BCUT2D eigenvalue weighted by molar-refractivity contribution is -0.131. The fraction of sp³-hybridized carbons (Fsp3) is 0.211. The van der Waals surface area contributed by atoms with Gasteiger partial charge in [-0.05, 0) is 30.7 Å². The molecule has 1 saturated heterocycles. The normalized spacial score (nSPS) is 19.4. The number of carbonyl (C=O) groups is 2. The highest BCUT2D eigenvalue weighted by Crippen LogP contribution is 2.28. The van der Waals surface area contributed by atoms with Gasteiger partial charge in [0, 0.05) is 0 Å². The van der Waals surface area contributed by atoms with Crippen molar-refractivity contribution >= 4 is 11.9 Å². The van der Waals surface area contributed by atoms with E-state index in [4.69, 9.17) is 10.00 Å². The Morgan fingerprint density at radius 2 is 1.92 bits per heavy atom. The summed E-state index contributed by atoms with van der Waals surface area (Å²) < 4.78 is 5.56. The zero-order valence-electron chi connectivity index (χ0n) is 13.7. The van der Waals surface area contributed by atoms with Crippen LogP contribution in [0.25, 0.3) is 0 Å². The number of nitrogens with zero attached hydrogens (tertiary/aromatic N) is 2. The predicted octanol–water partition coefficient (Wildman–Crippen LogP) is 2.40. The lowest BCUT2D eigenvalue weighted by Gasteiger charge is -2.22. The Balaban J connectivity index is 1.66. The standard InChI is InChI=1S/C19H17N3O3/c1-19(15-7-3-2-4-8-15)17(23)22(18(24)21-19)10-11-25-16-9-5-6-14(12-16)13-20/h2-9,12H,10-11H2,1H3,(H,21,24)/t19-/m1/s1. The van der Waals surface area contributed by atoms with Gasteiger partial charge in [0.15, 0.2) is 0 Å². The molecule has 1 heterocycles. The van der Waals surface area contributed by atoms with Crippen LogP contribution in [-0.2, 0) is 10.3 Å². The van der Waals surface area contributed by atoms with E-state index in [1.165, 1.54) is 0 Å². The topological polar surface area (TPSA) is 82.4 Å². The van der Waals surface area contributed by atoms with Gasteiger partial charge in [0.2, 0.25) is 0 Å². The molecule has 0 unspecified atom stereocenters. The molecule has 1 N–H and O–H groups in total. The SMILES string of the molecule is C[C@]1(c2ccccc2)NC(=O)N(CCOc2cccc(C#N)c2)C1=O. The summed E-state index contributed by atoms with van der Waals surface area (Å²) in [6.07, 6.45) is 0. The molecule has 6 heteroatoms. The van der Waals surface area contributed by atoms with E-state index < -0.39 is 11.6 Å². The number of ether oxygens (including phenoxy) is 1. The Morgan fingerprint density at radius 1 is 1.16 bits per heavy atom. The summed E-state index contributed by atoms with van der Waals surface area (Å²) in [6.45, 7) is 1.97. The molecular weight excluding hydrogens is 318 g/mol. The lowest BCUT2D eigenvalue weighted by atomic mass is 9.92. The van der Waals surface area contributed by atoms with Crippen LogP contribution < -0.4 is 10.1 Å². The number of hydrogen-bond acceptors (Lipinski definition) is 4. The van der Waals surface area contributed by atoms with Crippen LogP contribution in [0.5, 0.6) is 5.75 Å². The highest BCUT2D eigenvalue weighted by molar-refractivity contribution is 6.07. The second kappa shape index (κ2) is 6.65. The monoisotopic (exact) mass is 335 g/mol. The van der Waals surface area contributed by atoms with Crippen molar-refractivity contribution in [2.45, 2.75) is 12.5 Å². The minimum Gasteiger partial charge on any atom is -0.492 e. The minimum absolute atomic E-state index is 0.129.